The van der Waals surface area contributed by atoms with Crippen LogP contribution in [0.3, 0.4) is 0 Å². The Hall–Kier alpha value is 0.140. The maximum absolute atomic E-state index is 10.4. The Morgan fingerprint density at radius 2 is 2.12 bits per heavy atom. The number of halogens is 1. The van der Waals surface area contributed by atoms with E-state index in [2.05, 4.69) is 42.8 Å². The highest BCUT2D eigenvalue weighted by Crippen LogP contribution is 2.36. The zero-order valence-electron chi connectivity index (χ0n) is 10.3. The first-order valence-corrected chi connectivity index (χ1v) is 7.64. The van der Waals surface area contributed by atoms with Crippen LogP contribution in [0.25, 0.3) is 0 Å². The number of thiophene rings is 1. The third-order valence-electron chi connectivity index (χ3n) is 3.14. The monoisotopic (exact) mass is 304 g/mol. The molecule has 3 heteroatoms. The summed E-state index contributed by atoms with van der Waals surface area (Å²) in [7, 11) is 0. The maximum Gasteiger partial charge on any atom is 0.0829 e. The SMILES string of the molecule is CCCCC(CC)C(O)c1cc(Br)sc1C. The fourth-order valence-electron chi connectivity index (χ4n) is 2.06. The van der Waals surface area contributed by atoms with Crippen LogP contribution >= 0.6 is 27.3 Å². The van der Waals surface area contributed by atoms with Gasteiger partial charge in [-0.05, 0) is 46.8 Å². The highest BCUT2D eigenvalue weighted by Gasteiger charge is 2.21. The maximum atomic E-state index is 10.4. The minimum Gasteiger partial charge on any atom is -0.388 e. The molecule has 2 atom stereocenters. The molecule has 0 aromatic carbocycles. The first kappa shape index (κ1) is 14.2. The van der Waals surface area contributed by atoms with Crippen molar-refractivity contribution in [3.8, 4) is 0 Å². The molecule has 1 aromatic heterocycles. The van der Waals surface area contributed by atoms with Crippen molar-refractivity contribution in [3.63, 3.8) is 0 Å². The van der Waals surface area contributed by atoms with Crippen molar-refractivity contribution in [1.82, 2.24) is 0 Å². The quantitative estimate of drug-likeness (QED) is 0.778. The van der Waals surface area contributed by atoms with E-state index >= 15 is 0 Å². The fraction of sp³-hybridized carbons (Fsp3) is 0.692. The molecule has 16 heavy (non-hydrogen) atoms. The number of aryl methyl sites for hydroxylation is 1. The molecule has 1 aromatic rings. The summed E-state index contributed by atoms with van der Waals surface area (Å²) in [5.74, 6) is 0.403. The van der Waals surface area contributed by atoms with E-state index in [9.17, 15) is 5.11 Å². The van der Waals surface area contributed by atoms with E-state index in [1.165, 1.54) is 17.7 Å². The van der Waals surface area contributed by atoms with Crippen LogP contribution in [0.1, 0.15) is 56.1 Å². The van der Waals surface area contributed by atoms with Crippen molar-refractivity contribution in [2.75, 3.05) is 0 Å². The summed E-state index contributed by atoms with van der Waals surface area (Å²) in [6.07, 6.45) is 4.30. The minimum atomic E-state index is -0.293. The van der Waals surface area contributed by atoms with Gasteiger partial charge >= 0.3 is 0 Å². The van der Waals surface area contributed by atoms with Crippen LogP contribution in [0.15, 0.2) is 9.85 Å². The van der Waals surface area contributed by atoms with Crippen molar-refractivity contribution < 1.29 is 5.11 Å². The van der Waals surface area contributed by atoms with Gasteiger partial charge in [-0.3, -0.25) is 0 Å². The van der Waals surface area contributed by atoms with Crippen LogP contribution < -0.4 is 0 Å². The van der Waals surface area contributed by atoms with Gasteiger partial charge in [0.2, 0.25) is 0 Å². The largest absolute Gasteiger partial charge is 0.388 e. The Labute approximate surface area is 111 Å². The molecular weight excluding hydrogens is 284 g/mol. The molecule has 0 radical (unpaired) electrons. The summed E-state index contributed by atoms with van der Waals surface area (Å²) in [5, 5.41) is 10.4. The van der Waals surface area contributed by atoms with Crippen LogP contribution in [0, 0.1) is 12.8 Å². The topological polar surface area (TPSA) is 20.2 Å². The minimum absolute atomic E-state index is 0.293. The number of rotatable bonds is 6. The summed E-state index contributed by atoms with van der Waals surface area (Å²) in [6.45, 7) is 6.45. The Morgan fingerprint density at radius 1 is 1.44 bits per heavy atom. The van der Waals surface area contributed by atoms with E-state index in [1.807, 2.05) is 0 Å². The van der Waals surface area contributed by atoms with Gasteiger partial charge in [0.1, 0.15) is 0 Å². The smallest absolute Gasteiger partial charge is 0.0829 e. The lowest BCUT2D eigenvalue weighted by Crippen LogP contribution is -2.12. The molecule has 0 amide bonds. The molecule has 1 N–H and O–H groups in total. The Morgan fingerprint density at radius 3 is 2.56 bits per heavy atom. The second kappa shape index (κ2) is 6.77. The van der Waals surface area contributed by atoms with Gasteiger partial charge in [-0.2, -0.15) is 0 Å². The lowest BCUT2D eigenvalue weighted by atomic mass is 9.89. The molecule has 1 rings (SSSR count). The third kappa shape index (κ3) is 3.57. The second-order valence-electron chi connectivity index (χ2n) is 4.32. The molecule has 0 bridgehead atoms. The molecule has 0 aliphatic rings. The number of hydrogen-bond acceptors (Lipinski definition) is 2. The Bertz CT molecular complexity index is 322. The molecule has 1 heterocycles. The van der Waals surface area contributed by atoms with Gasteiger partial charge < -0.3 is 5.11 Å². The lowest BCUT2D eigenvalue weighted by molar-refractivity contribution is 0.0988. The van der Waals surface area contributed by atoms with Crippen molar-refractivity contribution in [1.29, 1.82) is 0 Å². The predicted molar refractivity (Wildman–Crippen MR) is 75.0 cm³/mol. The normalized spacial score (nSPS) is 15.1. The molecule has 0 aliphatic heterocycles. The predicted octanol–water partition coefficient (Wildman–Crippen LogP) is 5.07. The van der Waals surface area contributed by atoms with Gasteiger partial charge in [-0.15, -0.1) is 11.3 Å². The average molecular weight is 305 g/mol. The van der Waals surface area contributed by atoms with Gasteiger partial charge in [0.15, 0.2) is 0 Å². The van der Waals surface area contributed by atoms with Crippen LogP contribution in [0.4, 0.5) is 0 Å². The van der Waals surface area contributed by atoms with Crippen molar-refractivity contribution in [3.05, 3.63) is 20.3 Å². The fourth-order valence-corrected chi connectivity index (χ4v) is 3.81. The van der Waals surface area contributed by atoms with E-state index < -0.39 is 0 Å². The first-order chi connectivity index (χ1) is 7.60. The Kier molecular flexibility index (Phi) is 6.01. The van der Waals surface area contributed by atoms with E-state index in [0.717, 1.165) is 22.2 Å². The first-order valence-electron chi connectivity index (χ1n) is 6.04. The second-order valence-corrected chi connectivity index (χ2v) is 6.95. The van der Waals surface area contributed by atoms with Gasteiger partial charge in [-0.25, -0.2) is 0 Å². The molecule has 92 valence electrons. The van der Waals surface area contributed by atoms with Gasteiger partial charge in [0, 0.05) is 4.88 Å². The summed E-state index contributed by atoms with van der Waals surface area (Å²) in [6, 6.07) is 2.07. The van der Waals surface area contributed by atoms with Gasteiger partial charge in [0.05, 0.1) is 9.89 Å². The van der Waals surface area contributed by atoms with E-state index in [1.54, 1.807) is 11.3 Å². The van der Waals surface area contributed by atoms with Crippen molar-refractivity contribution in [2.24, 2.45) is 5.92 Å². The number of aliphatic hydroxyl groups excluding tert-OH is 1. The molecule has 0 saturated carbocycles. The number of hydrogen-bond donors (Lipinski definition) is 1. The highest BCUT2D eigenvalue weighted by atomic mass is 79.9. The number of aliphatic hydroxyl groups is 1. The standard InChI is InChI=1S/C13H21BrOS/c1-4-6-7-10(5-2)13(15)11-8-12(14)16-9(11)3/h8,10,13,15H,4-7H2,1-3H3. The molecule has 1 nitrogen and oxygen atoms in total. The molecule has 0 spiro atoms. The number of unbranched alkanes of at least 4 members (excludes halogenated alkanes) is 1. The van der Waals surface area contributed by atoms with E-state index in [4.69, 9.17) is 0 Å². The van der Waals surface area contributed by atoms with Crippen LogP contribution in [0.5, 0.6) is 0 Å². The van der Waals surface area contributed by atoms with E-state index in [-0.39, 0.29) is 6.10 Å². The van der Waals surface area contributed by atoms with Crippen LogP contribution in [0.2, 0.25) is 0 Å². The summed E-state index contributed by atoms with van der Waals surface area (Å²) >= 11 is 5.19. The summed E-state index contributed by atoms with van der Waals surface area (Å²) in [5.41, 5.74) is 1.11. The van der Waals surface area contributed by atoms with E-state index in [0.29, 0.717) is 5.92 Å². The van der Waals surface area contributed by atoms with Gasteiger partial charge in [-0.1, -0.05) is 33.1 Å². The van der Waals surface area contributed by atoms with Crippen molar-refractivity contribution >= 4 is 27.3 Å². The molecule has 0 fully saturated rings. The molecule has 0 aliphatic carbocycles. The zero-order valence-corrected chi connectivity index (χ0v) is 12.7. The molecule has 0 saturated heterocycles. The highest BCUT2D eigenvalue weighted by molar-refractivity contribution is 9.11. The summed E-state index contributed by atoms with van der Waals surface area (Å²) in [4.78, 5) is 1.23. The molecule has 2 unspecified atom stereocenters. The Balaban J connectivity index is 2.74. The van der Waals surface area contributed by atoms with Crippen LogP contribution in [-0.2, 0) is 0 Å². The zero-order chi connectivity index (χ0) is 12.1. The average Bonchev–Trinajstić information content (AvgIpc) is 2.58. The third-order valence-corrected chi connectivity index (χ3v) is 4.71. The van der Waals surface area contributed by atoms with Crippen LogP contribution in [-0.4, -0.2) is 5.11 Å². The summed E-state index contributed by atoms with van der Waals surface area (Å²) < 4.78 is 1.12. The lowest BCUT2D eigenvalue weighted by Gasteiger charge is -2.21. The van der Waals surface area contributed by atoms with Crippen molar-refractivity contribution in [2.45, 2.75) is 52.6 Å². The molecular formula is C13H21BrOS. The van der Waals surface area contributed by atoms with Gasteiger partial charge in [0.25, 0.3) is 0 Å².